The average molecular weight is 585 g/mol. The first kappa shape index (κ1) is 28.7. The van der Waals surface area contributed by atoms with Crippen LogP contribution in [0, 0.1) is 11.2 Å². The number of halogens is 1. The van der Waals surface area contributed by atoms with Crippen molar-refractivity contribution < 1.29 is 9.18 Å². The summed E-state index contributed by atoms with van der Waals surface area (Å²) < 4.78 is 16.6. The van der Waals surface area contributed by atoms with Gasteiger partial charge in [-0.2, -0.15) is 0 Å². The number of amides is 1. The van der Waals surface area contributed by atoms with Crippen LogP contribution in [0.25, 0.3) is 22.3 Å². The Morgan fingerprint density at radius 3 is 2.65 bits per heavy atom. The number of aromatic amines is 1. The van der Waals surface area contributed by atoms with Gasteiger partial charge in [-0.25, -0.2) is 9.37 Å². The maximum atomic E-state index is 16.6. The summed E-state index contributed by atoms with van der Waals surface area (Å²) in [4.78, 5) is 43.5. The van der Waals surface area contributed by atoms with E-state index in [0.717, 1.165) is 49.3 Å². The molecule has 0 unspecified atom stereocenters. The van der Waals surface area contributed by atoms with Crippen LogP contribution in [0.5, 0.6) is 0 Å². The summed E-state index contributed by atoms with van der Waals surface area (Å²) in [5.41, 5.74) is 4.63. The number of imidazole rings is 1. The Labute approximate surface area is 250 Å². The summed E-state index contributed by atoms with van der Waals surface area (Å²) in [6, 6.07) is 1.69. The fraction of sp³-hybridized carbons (Fsp3) is 0.419. The molecule has 2 aliphatic heterocycles. The van der Waals surface area contributed by atoms with Crippen LogP contribution in [0.1, 0.15) is 45.0 Å². The monoisotopic (exact) mass is 584 g/mol. The van der Waals surface area contributed by atoms with E-state index in [4.69, 9.17) is 9.98 Å². The molecule has 4 aromatic heterocycles. The van der Waals surface area contributed by atoms with Gasteiger partial charge in [-0.3, -0.25) is 24.7 Å². The largest absolute Gasteiger partial charge is 0.383 e. The molecule has 0 spiro atoms. The van der Waals surface area contributed by atoms with Crippen molar-refractivity contribution in [1.82, 2.24) is 29.8 Å². The Kier molecular flexibility index (Phi) is 7.78. The van der Waals surface area contributed by atoms with Gasteiger partial charge in [0.15, 0.2) is 11.6 Å². The Morgan fingerprint density at radius 1 is 1.07 bits per heavy atom. The number of aromatic nitrogens is 5. The van der Waals surface area contributed by atoms with Crippen molar-refractivity contribution in [3.8, 4) is 11.3 Å². The highest BCUT2D eigenvalue weighted by atomic mass is 19.1. The molecule has 224 valence electrons. The van der Waals surface area contributed by atoms with Gasteiger partial charge < -0.3 is 25.4 Å². The first-order chi connectivity index (χ1) is 20.7. The summed E-state index contributed by atoms with van der Waals surface area (Å²) in [6.45, 7) is 10.8. The molecule has 0 saturated carbocycles. The van der Waals surface area contributed by atoms with Crippen molar-refractivity contribution in [1.29, 1.82) is 0 Å². The second-order valence-corrected chi connectivity index (χ2v) is 12.4. The second kappa shape index (κ2) is 11.7. The average Bonchev–Trinajstić information content (AvgIpc) is 3.38. The maximum Gasteiger partial charge on any atom is 0.224 e. The molecule has 0 bridgehead atoms. The van der Waals surface area contributed by atoms with Crippen molar-refractivity contribution >= 4 is 39.7 Å². The molecule has 11 nitrogen and oxygen atoms in total. The second-order valence-electron chi connectivity index (χ2n) is 12.4. The molecule has 0 aromatic carbocycles. The summed E-state index contributed by atoms with van der Waals surface area (Å²) in [6.07, 6.45) is 9.42. The van der Waals surface area contributed by atoms with Gasteiger partial charge >= 0.3 is 0 Å². The molecule has 1 amide bonds. The summed E-state index contributed by atoms with van der Waals surface area (Å²) in [5.74, 6) is -0.198. The van der Waals surface area contributed by atoms with E-state index in [9.17, 15) is 4.79 Å². The molecule has 6 rings (SSSR count). The smallest absolute Gasteiger partial charge is 0.224 e. The third-order valence-corrected chi connectivity index (χ3v) is 7.61. The fourth-order valence-electron chi connectivity index (χ4n) is 5.45. The minimum absolute atomic E-state index is 0.115. The third-order valence-electron chi connectivity index (χ3n) is 7.61. The van der Waals surface area contributed by atoms with Gasteiger partial charge in [0, 0.05) is 57.4 Å². The number of nitrogens with zero attached hydrogens (tertiary/aromatic N) is 7. The number of hydrogen-bond acceptors (Lipinski definition) is 9. The molecule has 12 heteroatoms. The molecule has 4 aromatic rings. The van der Waals surface area contributed by atoms with Gasteiger partial charge in [0.1, 0.15) is 16.9 Å². The van der Waals surface area contributed by atoms with E-state index in [1.807, 2.05) is 27.0 Å². The molecule has 2 aliphatic rings. The number of aliphatic imine (C=N–C) groups is 1. The number of pyridine rings is 3. The van der Waals surface area contributed by atoms with E-state index in [1.165, 1.54) is 0 Å². The number of fused-ring (bicyclic) bond motifs is 2. The molecule has 6 heterocycles. The van der Waals surface area contributed by atoms with E-state index in [2.05, 4.69) is 47.4 Å². The lowest BCUT2D eigenvalue weighted by Crippen LogP contribution is -2.44. The van der Waals surface area contributed by atoms with Crippen molar-refractivity contribution in [2.45, 2.75) is 33.6 Å². The lowest BCUT2D eigenvalue weighted by atomic mass is 9.92. The number of rotatable bonds is 5. The van der Waals surface area contributed by atoms with Crippen molar-refractivity contribution in [3.63, 3.8) is 0 Å². The van der Waals surface area contributed by atoms with Crippen LogP contribution >= 0.6 is 0 Å². The lowest BCUT2D eigenvalue weighted by molar-refractivity contribution is -0.117. The predicted octanol–water partition coefficient (Wildman–Crippen LogP) is 4.33. The van der Waals surface area contributed by atoms with Crippen molar-refractivity contribution in [2.24, 2.45) is 10.4 Å². The van der Waals surface area contributed by atoms with E-state index in [1.54, 1.807) is 30.9 Å². The van der Waals surface area contributed by atoms with Crippen molar-refractivity contribution in [3.05, 3.63) is 54.3 Å². The van der Waals surface area contributed by atoms with Gasteiger partial charge in [0.25, 0.3) is 0 Å². The lowest BCUT2D eigenvalue weighted by Gasteiger charge is -2.33. The number of anilines is 3. The number of H-pyrrole nitrogens is 1. The number of carbonyl (C=O) groups excluding carboxylic acids is 1. The van der Waals surface area contributed by atoms with Crippen LogP contribution < -0.4 is 15.5 Å². The first-order valence-electron chi connectivity index (χ1n) is 14.7. The number of carbonyl (C=O) groups is 1. The van der Waals surface area contributed by atoms with Crippen LogP contribution in [0.15, 0.2) is 42.0 Å². The Bertz CT molecular complexity index is 1680. The van der Waals surface area contributed by atoms with Crippen LogP contribution in [0.4, 0.5) is 21.5 Å². The van der Waals surface area contributed by atoms with E-state index >= 15 is 4.39 Å². The van der Waals surface area contributed by atoms with Crippen LogP contribution in [-0.2, 0) is 4.79 Å². The number of piperazine rings is 1. The summed E-state index contributed by atoms with van der Waals surface area (Å²) in [7, 11) is 2.12. The summed E-state index contributed by atoms with van der Waals surface area (Å²) >= 11 is 0. The fourth-order valence-corrected chi connectivity index (χ4v) is 5.45. The maximum absolute atomic E-state index is 16.6. The quantitative estimate of drug-likeness (QED) is 0.316. The van der Waals surface area contributed by atoms with Gasteiger partial charge in [-0.1, -0.05) is 20.8 Å². The highest BCUT2D eigenvalue weighted by Gasteiger charge is 2.27. The SMILES string of the molecule is CN1CCN(c2cncc3[nH]c(C4=NCCCNc5cnc(-c6cncc(NC(=O)CC(C)(C)C)c6)c(F)c54)nc23)CC1. The Balaban J connectivity index is 1.39. The highest BCUT2D eigenvalue weighted by molar-refractivity contribution is 6.16. The van der Waals surface area contributed by atoms with Gasteiger partial charge in [0.05, 0.1) is 52.9 Å². The predicted molar refractivity (Wildman–Crippen MR) is 167 cm³/mol. The molecule has 1 saturated heterocycles. The minimum Gasteiger partial charge on any atom is -0.383 e. The molecule has 43 heavy (non-hydrogen) atoms. The molecule has 0 radical (unpaired) electrons. The number of likely N-dealkylation sites (N-methyl/N-ethyl adjacent to an activating group) is 1. The molecule has 3 N–H and O–H groups in total. The third kappa shape index (κ3) is 6.19. The van der Waals surface area contributed by atoms with E-state index in [0.29, 0.717) is 53.5 Å². The number of nitrogens with one attached hydrogen (secondary N) is 3. The standard InChI is InChI=1S/C31H37FN10O/c1-31(2,3)13-24(43)38-20-12-19(14-33-15-20)27-26(32)25-21(17-37-27)35-6-5-7-36-29(25)30-39-22-16-34-18-23(28(22)40-30)42-10-8-41(4)9-11-42/h12,14-18,35H,5-11,13H2,1-4H3,(H,38,43)(H,39,40). The molecule has 0 atom stereocenters. The first-order valence-corrected chi connectivity index (χ1v) is 14.7. The van der Waals surface area contributed by atoms with Crippen LogP contribution in [0.2, 0.25) is 0 Å². The van der Waals surface area contributed by atoms with Crippen LogP contribution in [-0.4, -0.2) is 87.8 Å². The Morgan fingerprint density at radius 2 is 1.86 bits per heavy atom. The van der Waals surface area contributed by atoms with Crippen LogP contribution in [0.3, 0.4) is 0 Å². The zero-order chi connectivity index (χ0) is 30.1. The highest BCUT2D eigenvalue weighted by Crippen LogP contribution is 2.32. The molecular weight excluding hydrogens is 547 g/mol. The van der Waals surface area contributed by atoms with E-state index < -0.39 is 5.82 Å². The van der Waals surface area contributed by atoms with E-state index in [-0.39, 0.29) is 17.0 Å². The minimum atomic E-state index is -0.538. The normalized spacial score (nSPS) is 16.2. The molecular formula is C31H37FN10O. The van der Waals surface area contributed by atoms with Gasteiger partial charge in [-0.15, -0.1) is 0 Å². The van der Waals surface area contributed by atoms with Crippen molar-refractivity contribution in [2.75, 3.05) is 61.8 Å². The topological polar surface area (TPSA) is 127 Å². The zero-order valence-electron chi connectivity index (χ0n) is 25.0. The Hall–Kier alpha value is -4.45. The number of hydrogen-bond donors (Lipinski definition) is 3. The zero-order valence-corrected chi connectivity index (χ0v) is 25.0. The molecule has 0 aliphatic carbocycles. The summed E-state index contributed by atoms with van der Waals surface area (Å²) in [5, 5.41) is 6.20. The van der Waals surface area contributed by atoms with Gasteiger partial charge in [-0.05, 0) is 24.9 Å². The molecule has 1 fully saturated rings. The van der Waals surface area contributed by atoms with Gasteiger partial charge in [0.2, 0.25) is 5.91 Å².